The summed E-state index contributed by atoms with van der Waals surface area (Å²) in [6.07, 6.45) is 2.53. The highest BCUT2D eigenvalue weighted by Gasteiger charge is 2.20. The Hall–Kier alpha value is -1.13. The molecule has 18 heavy (non-hydrogen) atoms. The van der Waals surface area contributed by atoms with Crippen LogP contribution in [-0.2, 0) is 6.54 Å². The van der Waals surface area contributed by atoms with Gasteiger partial charge in [-0.3, -0.25) is 4.90 Å². The van der Waals surface area contributed by atoms with Crippen LogP contribution in [0.4, 0.5) is 5.82 Å². The van der Waals surface area contributed by atoms with E-state index < -0.39 is 0 Å². The molecule has 1 fully saturated rings. The maximum Gasteiger partial charge on any atom is 0.126 e. The third kappa shape index (κ3) is 3.43. The number of hydrogen-bond acceptors (Lipinski definition) is 4. The molecule has 0 aromatic carbocycles. The lowest BCUT2D eigenvalue weighted by Gasteiger charge is -2.35. The van der Waals surface area contributed by atoms with E-state index in [2.05, 4.69) is 46.3 Å². The van der Waals surface area contributed by atoms with Crippen molar-refractivity contribution in [1.29, 1.82) is 0 Å². The molecule has 0 unspecified atom stereocenters. The van der Waals surface area contributed by atoms with Crippen molar-refractivity contribution in [3.8, 4) is 0 Å². The Morgan fingerprint density at radius 3 is 2.67 bits per heavy atom. The largest absolute Gasteiger partial charge is 0.373 e. The van der Waals surface area contributed by atoms with Crippen molar-refractivity contribution in [2.75, 3.05) is 39.5 Å². The first kappa shape index (κ1) is 13.3. The Kier molecular flexibility index (Phi) is 4.55. The van der Waals surface area contributed by atoms with Gasteiger partial charge < -0.3 is 10.2 Å². The van der Waals surface area contributed by atoms with Crippen LogP contribution in [0.1, 0.15) is 18.5 Å². The average Bonchev–Trinajstić information content (AvgIpc) is 2.39. The summed E-state index contributed by atoms with van der Waals surface area (Å²) in [6, 6.07) is 6.93. The van der Waals surface area contributed by atoms with Crippen LogP contribution in [0.25, 0.3) is 0 Å². The molecule has 0 radical (unpaired) electrons. The number of piperidine rings is 1. The quantitative estimate of drug-likeness (QED) is 0.878. The first-order valence-electron chi connectivity index (χ1n) is 6.71. The molecule has 0 atom stereocenters. The van der Waals surface area contributed by atoms with Crippen molar-refractivity contribution in [1.82, 2.24) is 14.8 Å². The number of aromatic nitrogens is 1. The van der Waals surface area contributed by atoms with E-state index in [0.717, 1.165) is 24.1 Å². The van der Waals surface area contributed by atoms with Crippen molar-refractivity contribution in [3.05, 3.63) is 23.9 Å². The van der Waals surface area contributed by atoms with Crippen molar-refractivity contribution in [2.45, 2.75) is 25.4 Å². The molecule has 1 saturated heterocycles. The van der Waals surface area contributed by atoms with Gasteiger partial charge in [-0.15, -0.1) is 0 Å². The van der Waals surface area contributed by atoms with Gasteiger partial charge in [0.05, 0.1) is 5.69 Å². The summed E-state index contributed by atoms with van der Waals surface area (Å²) < 4.78 is 0. The summed E-state index contributed by atoms with van der Waals surface area (Å²) in [5.74, 6) is 0.954. The molecule has 0 aliphatic carbocycles. The molecule has 1 aliphatic heterocycles. The number of anilines is 1. The minimum atomic E-state index is 0.748. The standard InChI is InChI=1S/C14H24N4/c1-15-14-6-4-5-12(16-14)11-18-9-7-13(8-10-18)17(2)3/h4-6,13H,7-11H2,1-3H3,(H,15,16). The molecule has 1 aliphatic rings. The monoisotopic (exact) mass is 248 g/mol. The van der Waals surface area contributed by atoms with Crippen LogP contribution in [-0.4, -0.2) is 55.1 Å². The van der Waals surface area contributed by atoms with E-state index >= 15 is 0 Å². The van der Waals surface area contributed by atoms with E-state index in [4.69, 9.17) is 0 Å². The molecular weight excluding hydrogens is 224 g/mol. The fraction of sp³-hybridized carbons (Fsp3) is 0.643. The lowest BCUT2D eigenvalue weighted by Crippen LogP contribution is -2.41. The topological polar surface area (TPSA) is 31.4 Å². The summed E-state index contributed by atoms with van der Waals surface area (Å²) >= 11 is 0. The van der Waals surface area contributed by atoms with E-state index in [1.165, 1.54) is 25.9 Å². The molecule has 1 N–H and O–H groups in total. The molecular formula is C14H24N4. The Morgan fingerprint density at radius 2 is 2.06 bits per heavy atom. The van der Waals surface area contributed by atoms with Crippen LogP contribution >= 0.6 is 0 Å². The lowest BCUT2D eigenvalue weighted by atomic mass is 10.0. The van der Waals surface area contributed by atoms with Gasteiger partial charge in [-0.2, -0.15) is 0 Å². The predicted octanol–water partition coefficient (Wildman–Crippen LogP) is 1.65. The van der Waals surface area contributed by atoms with Crippen molar-refractivity contribution < 1.29 is 0 Å². The molecule has 2 rings (SSSR count). The Bertz CT molecular complexity index is 370. The van der Waals surface area contributed by atoms with Gasteiger partial charge in [0.1, 0.15) is 5.82 Å². The van der Waals surface area contributed by atoms with Gasteiger partial charge in [-0.1, -0.05) is 6.07 Å². The van der Waals surface area contributed by atoms with Gasteiger partial charge in [0.15, 0.2) is 0 Å². The summed E-state index contributed by atoms with van der Waals surface area (Å²) in [5, 5.41) is 3.09. The molecule has 2 heterocycles. The first-order chi connectivity index (χ1) is 8.69. The smallest absolute Gasteiger partial charge is 0.126 e. The summed E-state index contributed by atoms with van der Waals surface area (Å²) in [4.78, 5) is 9.42. The van der Waals surface area contributed by atoms with Gasteiger partial charge in [-0.25, -0.2) is 4.98 Å². The molecule has 0 saturated carbocycles. The van der Waals surface area contributed by atoms with Gasteiger partial charge in [0.2, 0.25) is 0 Å². The number of hydrogen-bond donors (Lipinski definition) is 1. The zero-order valence-electron chi connectivity index (χ0n) is 11.7. The third-order valence-electron chi connectivity index (χ3n) is 3.74. The molecule has 100 valence electrons. The number of likely N-dealkylation sites (tertiary alicyclic amines) is 1. The zero-order chi connectivity index (χ0) is 13.0. The van der Waals surface area contributed by atoms with Gasteiger partial charge in [-0.05, 0) is 39.1 Å². The SMILES string of the molecule is CNc1cccc(CN2CCC(N(C)C)CC2)n1. The first-order valence-corrected chi connectivity index (χ1v) is 6.71. The van der Waals surface area contributed by atoms with E-state index in [-0.39, 0.29) is 0 Å². The maximum absolute atomic E-state index is 4.58. The summed E-state index contributed by atoms with van der Waals surface area (Å²) in [7, 11) is 6.27. The molecule has 4 heteroatoms. The summed E-state index contributed by atoms with van der Waals surface area (Å²) in [5.41, 5.74) is 1.16. The van der Waals surface area contributed by atoms with Gasteiger partial charge in [0, 0.05) is 32.7 Å². The van der Waals surface area contributed by atoms with E-state index in [0.29, 0.717) is 0 Å². The summed E-state index contributed by atoms with van der Waals surface area (Å²) in [6.45, 7) is 3.32. The predicted molar refractivity (Wildman–Crippen MR) is 75.8 cm³/mol. The highest BCUT2D eigenvalue weighted by Crippen LogP contribution is 2.16. The van der Waals surface area contributed by atoms with Gasteiger partial charge in [0.25, 0.3) is 0 Å². The van der Waals surface area contributed by atoms with E-state index in [9.17, 15) is 0 Å². The van der Waals surface area contributed by atoms with Crippen LogP contribution < -0.4 is 5.32 Å². The van der Waals surface area contributed by atoms with Crippen LogP contribution in [0.2, 0.25) is 0 Å². The normalized spacial score (nSPS) is 18.2. The van der Waals surface area contributed by atoms with E-state index in [1.807, 2.05) is 13.1 Å². The number of nitrogens with zero attached hydrogens (tertiary/aromatic N) is 3. The Morgan fingerprint density at radius 1 is 1.33 bits per heavy atom. The highest BCUT2D eigenvalue weighted by molar-refractivity contribution is 5.34. The van der Waals surface area contributed by atoms with Crippen molar-refractivity contribution >= 4 is 5.82 Å². The number of pyridine rings is 1. The van der Waals surface area contributed by atoms with Crippen LogP contribution in [0, 0.1) is 0 Å². The second-order valence-corrected chi connectivity index (χ2v) is 5.24. The van der Waals surface area contributed by atoms with Crippen LogP contribution in [0.3, 0.4) is 0 Å². The van der Waals surface area contributed by atoms with E-state index in [1.54, 1.807) is 0 Å². The molecule has 0 amide bonds. The zero-order valence-corrected chi connectivity index (χ0v) is 11.7. The maximum atomic E-state index is 4.58. The third-order valence-corrected chi connectivity index (χ3v) is 3.74. The van der Waals surface area contributed by atoms with Gasteiger partial charge >= 0.3 is 0 Å². The van der Waals surface area contributed by atoms with Crippen molar-refractivity contribution in [3.63, 3.8) is 0 Å². The Balaban J connectivity index is 1.87. The second-order valence-electron chi connectivity index (χ2n) is 5.24. The fourth-order valence-electron chi connectivity index (χ4n) is 2.53. The van der Waals surface area contributed by atoms with Crippen LogP contribution in [0.15, 0.2) is 18.2 Å². The van der Waals surface area contributed by atoms with Crippen LogP contribution in [0.5, 0.6) is 0 Å². The molecule has 1 aromatic rings. The minimum absolute atomic E-state index is 0.748. The average molecular weight is 248 g/mol. The second kappa shape index (κ2) is 6.16. The molecule has 4 nitrogen and oxygen atoms in total. The lowest BCUT2D eigenvalue weighted by molar-refractivity contribution is 0.139. The highest BCUT2D eigenvalue weighted by atomic mass is 15.2. The molecule has 0 bridgehead atoms. The number of rotatable bonds is 4. The minimum Gasteiger partial charge on any atom is -0.373 e. The molecule has 1 aromatic heterocycles. The van der Waals surface area contributed by atoms with Crippen molar-refractivity contribution in [2.24, 2.45) is 0 Å². The Labute approximate surface area is 110 Å². The number of nitrogens with one attached hydrogen (secondary N) is 1. The fourth-order valence-corrected chi connectivity index (χ4v) is 2.53. The molecule has 0 spiro atoms.